The summed E-state index contributed by atoms with van der Waals surface area (Å²) in [4.78, 5) is 0. The van der Waals surface area contributed by atoms with E-state index < -0.39 is 7.32 Å². The number of nitrogens with one attached hydrogen (secondary N) is 2. The molecule has 0 amide bonds. The lowest BCUT2D eigenvalue weighted by molar-refractivity contribution is 0.00721. The van der Waals surface area contributed by atoms with Crippen molar-refractivity contribution >= 4 is 7.32 Å². The van der Waals surface area contributed by atoms with Crippen LogP contribution in [0.3, 0.4) is 0 Å². The third-order valence-electron chi connectivity index (χ3n) is 3.49. The van der Waals surface area contributed by atoms with Gasteiger partial charge in [-0.25, -0.2) is 0 Å². The van der Waals surface area contributed by atoms with Crippen molar-refractivity contribution < 1.29 is 19.1 Å². The predicted molar refractivity (Wildman–Crippen MR) is 93.3 cm³/mol. The molecule has 1 heterocycles. The average molecular weight is 330 g/mol. The Morgan fingerprint density at radius 1 is 1.04 bits per heavy atom. The van der Waals surface area contributed by atoms with Crippen LogP contribution in [0.25, 0.3) is 0 Å². The smallest absolute Gasteiger partial charge is 0.394 e. The molecular weight excluding hydrogens is 295 g/mol. The van der Waals surface area contributed by atoms with E-state index in [1.54, 1.807) is 0 Å². The van der Waals surface area contributed by atoms with Crippen molar-refractivity contribution in [2.75, 3.05) is 26.4 Å². The molecule has 1 saturated heterocycles. The van der Waals surface area contributed by atoms with Gasteiger partial charge in [0.05, 0.1) is 26.4 Å². The molecule has 6 nitrogen and oxygen atoms in total. The van der Waals surface area contributed by atoms with Crippen molar-refractivity contribution in [3.05, 3.63) is 0 Å². The summed E-state index contributed by atoms with van der Waals surface area (Å²) in [7, 11) is -0.686. The highest BCUT2D eigenvalue weighted by molar-refractivity contribution is 6.36. The van der Waals surface area contributed by atoms with E-state index in [2.05, 4.69) is 38.3 Å². The Morgan fingerprint density at radius 2 is 1.52 bits per heavy atom. The molecule has 0 aromatic heterocycles. The highest BCUT2D eigenvalue weighted by atomic mass is 16.7. The molecule has 0 aromatic carbocycles. The minimum atomic E-state index is -0.686. The van der Waals surface area contributed by atoms with Crippen LogP contribution in [0.15, 0.2) is 0 Å². The van der Waals surface area contributed by atoms with Crippen molar-refractivity contribution in [3.63, 3.8) is 0 Å². The lowest BCUT2D eigenvalue weighted by atomic mass is 9.96. The van der Waals surface area contributed by atoms with Gasteiger partial charge in [-0.1, -0.05) is 0 Å². The van der Waals surface area contributed by atoms with Crippen molar-refractivity contribution in [2.24, 2.45) is 0 Å². The van der Waals surface area contributed by atoms with Crippen LogP contribution in [0.2, 0.25) is 0 Å². The molecule has 0 aliphatic carbocycles. The first kappa shape index (κ1) is 20.9. The summed E-state index contributed by atoms with van der Waals surface area (Å²) in [5, 5.41) is 16.3. The van der Waals surface area contributed by atoms with Crippen molar-refractivity contribution in [1.82, 2.24) is 10.6 Å². The predicted octanol–water partition coefficient (Wildman–Crippen LogP) is 1.32. The number of hydrogen-bond donors (Lipinski definition) is 3. The number of hydrogen-bond acceptors (Lipinski definition) is 6. The zero-order valence-electron chi connectivity index (χ0n) is 16.1. The summed E-state index contributed by atoms with van der Waals surface area (Å²) in [6.07, 6.45) is 0. The molecule has 1 aliphatic heterocycles. The molecule has 0 saturated carbocycles. The fourth-order valence-corrected chi connectivity index (χ4v) is 2.95. The van der Waals surface area contributed by atoms with E-state index in [-0.39, 0.29) is 28.8 Å². The van der Waals surface area contributed by atoms with Crippen LogP contribution in [-0.4, -0.2) is 61.0 Å². The molecule has 1 rings (SSSR count). The number of aliphatic hydroxyl groups excluding tert-OH is 1. The molecule has 0 unspecified atom stereocenters. The van der Waals surface area contributed by atoms with Crippen LogP contribution >= 0.6 is 0 Å². The number of rotatable bonds is 6. The summed E-state index contributed by atoms with van der Waals surface area (Å²) in [6.45, 7) is 17.8. The molecule has 0 bridgehead atoms. The molecule has 136 valence electrons. The zero-order chi connectivity index (χ0) is 17.9. The average Bonchev–Trinajstić information content (AvgIpc) is 2.34. The van der Waals surface area contributed by atoms with Gasteiger partial charge in [0.2, 0.25) is 0 Å². The van der Waals surface area contributed by atoms with Gasteiger partial charge in [0, 0.05) is 22.2 Å². The Morgan fingerprint density at radius 3 is 1.96 bits per heavy atom. The van der Waals surface area contributed by atoms with Crippen LogP contribution < -0.4 is 10.6 Å². The second kappa shape index (κ2) is 7.37. The first-order valence-corrected chi connectivity index (χ1v) is 8.30. The minimum Gasteiger partial charge on any atom is -0.394 e. The molecule has 0 radical (unpaired) electrons. The summed E-state index contributed by atoms with van der Waals surface area (Å²) in [5.41, 5.74) is -0.989. The third kappa shape index (κ3) is 7.96. The van der Waals surface area contributed by atoms with Gasteiger partial charge in [-0.3, -0.25) is 0 Å². The minimum absolute atomic E-state index is 0.0565. The molecule has 1 fully saturated rings. The normalized spacial score (nSPS) is 22.6. The van der Waals surface area contributed by atoms with E-state index in [0.717, 1.165) is 0 Å². The van der Waals surface area contributed by atoms with E-state index in [1.807, 2.05) is 27.7 Å². The second-order valence-corrected chi connectivity index (χ2v) is 9.17. The third-order valence-corrected chi connectivity index (χ3v) is 3.49. The quantitative estimate of drug-likeness (QED) is 0.638. The van der Waals surface area contributed by atoms with Gasteiger partial charge in [0.15, 0.2) is 0 Å². The van der Waals surface area contributed by atoms with E-state index >= 15 is 0 Å². The maximum absolute atomic E-state index is 9.40. The molecule has 0 aromatic rings. The molecule has 3 N–H and O–H groups in total. The maximum atomic E-state index is 9.40. The SMILES string of the molecule is CC(C)(CO)NC(C)(C)COB1OCC(C)(C)NC(C)(C)CO1. The summed E-state index contributed by atoms with van der Waals surface area (Å²) in [5.74, 6) is 0. The van der Waals surface area contributed by atoms with Crippen molar-refractivity contribution in [1.29, 1.82) is 0 Å². The summed E-state index contributed by atoms with van der Waals surface area (Å²) in [6, 6.07) is 0. The van der Waals surface area contributed by atoms with E-state index in [4.69, 9.17) is 14.0 Å². The lowest BCUT2D eigenvalue weighted by Gasteiger charge is -2.41. The van der Waals surface area contributed by atoms with Gasteiger partial charge in [0.25, 0.3) is 0 Å². The Bertz CT molecular complexity index is 368. The standard InChI is InChI=1S/C16H35BN2O4/c1-13(2,9-20)18-14(3,4)10-21-17-22-11-15(5,6)19-16(7,8)12-23-17/h18-20H,9-12H2,1-8H3. The van der Waals surface area contributed by atoms with Crippen LogP contribution in [-0.2, 0) is 14.0 Å². The fraction of sp³-hybridized carbons (Fsp3) is 1.00. The van der Waals surface area contributed by atoms with E-state index in [0.29, 0.717) is 19.8 Å². The van der Waals surface area contributed by atoms with Gasteiger partial charge in [-0.15, -0.1) is 0 Å². The van der Waals surface area contributed by atoms with Gasteiger partial charge < -0.3 is 29.7 Å². The molecule has 23 heavy (non-hydrogen) atoms. The van der Waals surface area contributed by atoms with Gasteiger partial charge in [-0.05, 0) is 55.4 Å². The van der Waals surface area contributed by atoms with Crippen LogP contribution in [0.5, 0.6) is 0 Å². The van der Waals surface area contributed by atoms with Gasteiger partial charge in [0.1, 0.15) is 0 Å². The molecule has 0 spiro atoms. The number of aliphatic hydroxyl groups is 1. The van der Waals surface area contributed by atoms with Crippen molar-refractivity contribution in [2.45, 2.75) is 77.5 Å². The summed E-state index contributed by atoms with van der Waals surface area (Å²) >= 11 is 0. The monoisotopic (exact) mass is 330 g/mol. The van der Waals surface area contributed by atoms with Crippen molar-refractivity contribution in [3.8, 4) is 0 Å². The van der Waals surface area contributed by atoms with Gasteiger partial charge in [-0.2, -0.15) is 0 Å². The van der Waals surface area contributed by atoms with Gasteiger partial charge >= 0.3 is 7.32 Å². The fourth-order valence-electron chi connectivity index (χ4n) is 2.95. The van der Waals surface area contributed by atoms with Crippen LogP contribution in [0, 0.1) is 0 Å². The Balaban J connectivity index is 2.59. The zero-order valence-corrected chi connectivity index (χ0v) is 16.1. The highest BCUT2D eigenvalue weighted by Crippen LogP contribution is 2.18. The maximum Gasteiger partial charge on any atom is 0.639 e. The first-order valence-electron chi connectivity index (χ1n) is 8.30. The molecule has 0 atom stereocenters. The van der Waals surface area contributed by atoms with E-state index in [1.165, 1.54) is 0 Å². The largest absolute Gasteiger partial charge is 0.639 e. The molecule has 1 aliphatic rings. The Kier molecular flexibility index (Phi) is 6.69. The van der Waals surface area contributed by atoms with Crippen LogP contribution in [0.1, 0.15) is 55.4 Å². The van der Waals surface area contributed by atoms with Crippen LogP contribution in [0.4, 0.5) is 0 Å². The Labute approximate surface area is 141 Å². The molecular formula is C16H35BN2O4. The lowest BCUT2D eigenvalue weighted by Crippen LogP contribution is -2.60. The highest BCUT2D eigenvalue weighted by Gasteiger charge is 2.37. The first-order chi connectivity index (χ1) is 10.3. The van der Waals surface area contributed by atoms with E-state index in [9.17, 15) is 5.11 Å². The summed E-state index contributed by atoms with van der Waals surface area (Å²) < 4.78 is 17.4. The molecule has 7 heteroatoms. The Hall–Kier alpha value is -0.175. The second-order valence-electron chi connectivity index (χ2n) is 9.17. The topological polar surface area (TPSA) is 72.0 Å².